The molecule has 0 atom stereocenters. The van der Waals surface area contributed by atoms with Crippen LogP contribution < -0.4 is 15.4 Å². The number of aromatic nitrogens is 4. The van der Waals surface area contributed by atoms with E-state index in [0.29, 0.717) is 46.7 Å². The lowest BCUT2D eigenvalue weighted by Gasteiger charge is -2.31. The summed E-state index contributed by atoms with van der Waals surface area (Å²) in [5.74, 6) is 0.805. The number of amides is 2. The quantitative estimate of drug-likeness (QED) is 0.402. The summed E-state index contributed by atoms with van der Waals surface area (Å²) in [6, 6.07) is 11.1. The Morgan fingerprint density at radius 3 is 2.56 bits per heavy atom. The van der Waals surface area contributed by atoms with Gasteiger partial charge in [0.2, 0.25) is 11.8 Å². The van der Waals surface area contributed by atoms with Gasteiger partial charge >= 0.3 is 0 Å². The average Bonchev–Trinajstić information content (AvgIpc) is 3.25. The standard InChI is InChI=1S/C25H25N7O3S/c1-15-23(25(36-31-15)30-21-14-26-19-5-3-4-6-20(19)29-21)24(34)28-17-7-8-22(27-13-17)35-18-9-11-32(12-10-18)16(2)33/h3-8,13-14,18H,9-12H2,1-2H3,(H,28,34)(H,29,30). The molecule has 2 N–H and O–H groups in total. The number of piperidine rings is 1. The average molecular weight is 504 g/mol. The van der Waals surface area contributed by atoms with Crippen molar-refractivity contribution in [2.75, 3.05) is 23.7 Å². The summed E-state index contributed by atoms with van der Waals surface area (Å²) in [5.41, 5.74) is 3.14. The Morgan fingerprint density at radius 2 is 1.83 bits per heavy atom. The van der Waals surface area contributed by atoms with E-state index in [1.165, 1.54) is 11.5 Å². The van der Waals surface area contributed by atoms with Crippen LogP contribution in [0.4, 0.5) is 16.5 Å². The van der Waals surface area contributed by atoms with Crippen LogP contribution in [0.15, 0.2) is 48.8 Å². The number of carbonyl (C=O) groups excluding carboxylic acids is 2. The lowest BCUT2D eigenvalue weighted by molar-refractivity contribution is -0.130. The number of nitrogens with one attached hydrogen (secondary N) is 2. The Morgan fingerprint density at radius 1 is 1.06 bits per heavy atom. The number of hydrogen-bond donors (Lipinski definition) is 2. The number of para-hydroxylation sites is 2. The summed E-state index contributed by atoms with van der Waals surface area (Å²) < 4.78 is 10.3. The van der Waals surface area contributed by atoms with E-state index in [1.54, 1.807) is 38.4 Å². The minimum Gasteiger partial charge on any atom is -0.474 e. The van der Waals surface area contributed by atoms with Crippen LogP contribution in [-0.2, 0) is 4.79 Å². The van der Waals surface area contributed by atoms with Crippen LogP contribution in [-0.4, -0.2) is 55.2 Å². The SMILES string of the molecule is CC(=O)N1CCC(Oc2ccc(NC(=O)c3c(C)nsc3Nc3cnc4ccccc4n3)cn2)CC1. The molecule has 4 heterocycles. The monoisotopic (exact) mass is 503 g/mol. The second-order valence-electron chi connectivity index (χ2n) is 8.50. The number of carbonyl (C=O) groups is 2. The number of rotatable bonds is 6. The predicted octanol–water partition coefficient (Wildman–Crippen LogP) is 4.18. The summed E-state index contributed by atoms with van der Waals surface area (Å²) in [6.07, 6.45) is 4.74. The Bertz CT molecular complexity index is 1400. The van der Waals surface area contributed by atoms with Crippen LogP contribution in [0, 0.1) is 6.92 Å². The van der Waals surface area contributed by atoms with E-state index in [4.69, 9.17) is 4.74 Å². The number of likely N-dealkylation sites (tertiary alicyclic amines) is 1. The van der Waals surface area contributed by atoms with Gasteiger partial charge in [-0.05, 0) is 36.7 Å². The molecule has 1 saturated heterocycles. The van der Waals surface area contributed by atoms with Gasteiger partial charge in [-0.25, -0.2) is 9.97 Å². The summed E-state index contributed by atoms with van der Waals surface area (Å²) >= 11 is 1.19. The van der Waals surface area contributed by atoms with Crippen molar-refractivity contribution < 1.29 is 14.3 Å². The van der Waals surface area contributed by atoms with Gasteiger partial charge in [0, 0.05) is 38.9 Å². The Balaban J connectivity index is 1.23. The first-order chi connectivity index (χ1) is 17.5. The Labute approximate surface area is 211 Å². The van der Waals surface area contributed by atoms with Gasteiger partial charge < -0.3 is 20.3 Å². The van der Waals surface area contributed by atoms with Crippen molar-refractivity contribution in [2.24, 2.45) is 0 Å². The molecule has 3 aromatic heterocycles. The normalized spacial score (nSPS) is 14.0. The zero-order valence-electron chi connectivity index (χ0n) is 19.9. The van der Waals surface area contributed by atoms with Gasteiger partial charge in [0.1, 0.15) is 16.9 Å². The minimum atomic E-state index is -0.301. The first-order valence-corrected chi connectivity index (χ1v) is 12.4. The van der Waals surface area contributed by atoms with Gasteiger partial charge in [-0.2, -0.15) is 4.37 Å². The highest BCUT2D eigenvalue weighted by molar-refractivity contribution is 7.10. The third kappa shape index (κ3) is 5.25. The van der Waals surface area contributed by atoms with Gasteiger partial charge in [-0.15, -0.1) is 0 Å². The zero-order valence-corrected chi connectivity index (χ0v) is 20.7. The van der Waals surface area contributed by atoms with Crippen molar-refractivity contribution in [1.82, 2.24) is 24.2 Å². The molecule has 0 aliphatic carbocycles. The Hall–Kier alpha value is -4.12. The van der Waals surface area contributed by atoms with E-state index < -0.39 is 0 Å². The molecule has 0 bridgehead atoms. The van der Waals surface area contributed by atoms with E-state index >= 15 is 0 Å². The number of aryl methyl sites for hydroxylation is 1. The molecule has 1 fully saturated rings. The lowest BCUT2D eigenvalue weighted by Crippen LogP contribution is -2.40. The molecular weight excluding hydrogens is 478 g/mol. The third-order valence-electron chi connectivity index (χ3n) is 5.95. The molecule has 184 valence electrons. The topological polar surface area (TPSA) is 122 Å². The highest BCUT2D eigenvalue weighted by Crippen LogP contribution is 2.29. The number of hydrogen-bond acceptors (Lipinski definition) is 9. The van der Waals surface area contributed by atoms with E-state index in [9.17, 15) is 9.59 Å². The van der Waals surface area contributed by atoms with Crippen LogP contribution in [0.1, 0.15) is 35.8 Å². The maximum atomic E-state index is 13.1. The molecule has 10 nitrogen and oxygen atoms in total. The van der Waals surface area contributed by atoms with Gasteiger partial charge in [0.15, 0.2) is 0 Å². The molecule has 2 amide bonds. The third-order valence-corrected chi connectivity index (χ3v) is 6.80. The summed E-state index contributed by atoms with van der Waals surface area (Å²) in [5, 5.41) is 6.64. The van der Waals surface area contributed by atoms with Crippen LogP contribution in [0.3, 0.4) is 0 Å². The second kappa shape index (κ2) is 10.2. The maximum absolute atomic E-state index is 13.1. The van der Waals surface area contributed by atoms with Gasteiger partial charge in [-0.1, -0.05) is 12.1 Å². The van der Waals surface area contributed by atoms with Crippen LogP contribution >= 0.6 is 11.5 Å². The smallest absolute Gasteiger partial charge is 0.260 e. The molecule has 0 spiro atoms. The van der Waals surface area contributed by atoms with E-state index in [1.807, 2.05) is 29.2 Å². The molecule has 0 unspecified atom stereocenters. The fraction of sp³-hybridized carbons (Fsp3) is 0.280. The highest BCUT2D eigenvalue weighted by Gasteiger charge is 2.23. The number of anilines is 3. The van der Waals surface area contributed by atoms with E-state index in [2.05, 4.69) is 30.0 Å². The molecule has 0 radical (unpaired) electrons. The number of pyridine rings is 1. The van der Waals surface area contributed by atoms with Crippen molar-refractivity contribution in [3.8, 4) is 5.88 Å². The van der Waals surface area contributed by atoms with Crippen molar-refractivity contribution in [3.05, 3.63) is 60.0 Å². The predicted molar refractivity (Wildman–Crippen MR) is 138 cm³/mol. The molecule has 4 aromatic rings. The van der Waals surface area contributed by atoms with Crippen molar-refractivity contribution in [3.63, 3.8) is 0 Å². The summed E-state index contributed by atoms with van der Waals surface area (Å²) in [7, 11) is 0. The summed E-state index contributed by atoms with van der Waals surface area (Å²) in [4.78, 5) is 39.7. The van der Waals surface area contributed by atoms with Crippen LogP contribution in [0.25, 0.3) is 11.0 Å². The Kier molecular flexibility index (Phi) is 6.72. The van der Waals surface area contributed by atoms with Crippen molar-refractivity contribution in [2.45, 2.75) is 32.8 Å². The van der Waals surface area contributed by atoms with E-state index in [-0.39, 0.29) is 17.9 Å². The van der Waals surface area contributed by atoms with Gasteiger partial charge in [-0.3, -0.25) is 14.6 Å². The first-order valence-electron chi connectivity index (χ1n) is 11.6. The molecule has 36 heavy (non-hydrogen) atoms. The highest BCUT2D eigenvalue weighted by atomic mass is 32.1. The van der Waals surface area contributed by atoms with Crippen molar-refractivity contribution in [1.29, 1.82) is 0 Å². The fourth-order valence-corrected chi connectivity index (χ4v) is 4.83. The van der Waals surface area contributed by atoms with Crippen molar-refractivity contribution >= 4 is 50.9 Å². The maximum Gasteiger partial charge on any atom is 0.260 e. The summed E-state index contributed by atoms with van der Waals surface area (Å²) in [6.45, 7) is 4.74. The fourth-order valence-electron chi connectivity index (χ4n) is 4.03. The molecule has 1 aliphatic rings. The lowest BCUT2D eigenvalue weighted by atomic mass is 10.1. The second-order valence-corrected chi connectivity index (χ2v) is 9.28. The largest absolute Gasteiger partial charge is 0.474 e. The number of fused-ring (bicyclic) bond motifs is 1. The first kappa shape index (κ1) is 23.6. The number of nitrogens with zero attached hydrogens (tertiary/aromatic N) is 5. The molecule has 11 heteroatoms. The molecular formula is C25H25N7O3S. The van der Waals surface area contributed by atoms with Crippen LogP contribution in [0.5, 0.6) is 5.88 Å². The molecule has 1 aromatic carbocycles. The molecule has 5 rings (SSSR count). The molecule has 0 saturated carbocycles. The number of ether oxygens (including phenoxy) is 1. The van der Waals surface area contributed by atoms with Gasteiger partial charge in [0.25, 0.3) is 5.91 Å². The molecule has 1 aliphatic heterocycles. The zero-order chi connectivity index (χ0) is 25.1. The minimum absolute atomic E-state index is 0.0138. The van der Waals surface area contributed by atoms with E-state index in [0.717, 1.165) is 23.9 Å². The van der Waals surface area contributed by atoms with Gasteiger partial charge in [0.05, 0.1) is 40.4 Å². The number of benzene rings is 1. The van der Waals surface area contributed by atoms with Crippen LogP contribution in [0.2, 0.25) is 0 Å².